The van der Waals surface area contributed by atoms with Crippen LogP contribution in [-0.4, -0.2) is 92.4 Å². The summed E-state index contributed by atoms with van der Waals surface area (Å²) in [4.78, 5) is 10.1. The van der Waals surface area contributed by atoms with Crippen LogP contribution in [0.15, 0.2) is 24.3 Å². The Morgan fingerprint density at radius 2 is 1.66 bits per heavy atom. The van der Waals surface area contributed by atoms with Crippen molar-refractivity contribution in [1.29, 1.82) is 0 Å². The Bertz CT molecular complexity index is 701. The number of ether oxygens (including phenoxy) is 4. The average Bonchev–Trinajstić information content (AvgIpc) is 2.69. The van der Waals surface area contributed by atoms with Crippen molar-refractivity contribution in [2.24, 2.45) is 0 Å². The molecule has 0 bridgehead atoms. The van der Waals surface area contributed by atoms with E-state index in [0.717, 1.165) is 0 Å². The van der Waals surface area contributed by atoms with Crippen LogP contribution in [-0.2, 0) is 14.2 Å². The van der Waals surface area contributed by atoms with Gasteiger partial charge in [0.2, 0.25) is 6.29 Å². The van der Waals surface area contributed by atoms with Gasteiger partial charge in [-0.05, 0) is 19.1 Å². The number of aliphatic hydroxyl groups excluding tert-OH is 5. The molecule has 0 aromatic heterocycles. The van der Waals surface area contributed by atoms with E-state index in [-0.39, 0.29) is 18.0 Å². The quantitative estimate of drug-likeness (QED) is 0.271. The van der Waals surface area contributed by atoms with Crippen LogP contribution in [0.5, 0.6) is 5.75 Å². The first-order valence-corrected chi connectivity index (χ1v) is 8.93. The molecule has 2 heterocycles. The number of rotatable bonds is 5. The van der Waals surface area contributed by atoms with Gasteiger partial charge in [-0.2, -0.15) is 0 Å². The summed E-state index contributed by atoms with van der Waals surface area (Å²) in [5.74, 6) is 0.177. The Hall–Kier alpha value is -1.90. The predicted octanol–water partition coefficient (Wildman–Crippen LogP) is -1.74. The Kier molecular flexibility index (Phi) is 6.65. The van der Waals surface area contributed by atoms with Crippen molar-refractivity contribution in [2.75, 3.05) is 6.61 Å². The first-order chi connectivity index (χ1) is 13.7. The van der Waals surface area contributed by atoms with Crippen molar-refractivity contribution in [3.63, 3.8) is 0 Å². The highest BCUT2D eigenvalue weighted by Gasteiger charge is 2.48. The molecule has 2 aliphatic rings. The number of hydrogen-bond acceptors (Lipinski definition) is 11. The van der Waals surface area contributed by atoms with Crippen LogP contribution in [0.4, 0.5) is 5.69 Å². The van der Waals surface area contributed by atoms with Gasteiger partial charge < -0.3 is 44.5 Å². The van der Waals surface area contributed by atoms with Crippen LogP contribution >= 0.6 is 0 Å². The summed E-state index contributed by atoms with van der Waals surface area (Å²) in [6.45, 7) is 1.19. The van der Waals surface area contributed by atoms with E-state index >= 15 is 0 Å². The summed E-state index contributed by atoms with van der Waals surface area (Å²) in [5, 5.41) is 61.0. The van der Waals surface area contributed by atoms with Crippen molar-refractivity contribution in [3.8, 4) is 5.75 Å². The fraction of sp³-hybridized carbons (Fsp3) is 0.647. The average molecular weight is 417 g/mol. The third kappa shape index (κ3) is 4.65. The number of hydrogen-bond donors (Lipinski definition) is 5. The second-order valence-corrected chi connectivity index (χ2v) is 6.91. The summed E-state index contributed by atoms with van der Waals surface area (Å²) in [7, 11) is 0. The van der Waals surface area contributed by atoms with Gasteiger partial charge in [0.25, 0.3) is 5.69 Å². The zero-order valence-electron chi connectivity index (χ0n) is 15.3. The SMILES string of the molecule is C[C@@H]1O[C@@H](O[C@@H]2[C@@H](O)[C@H](Oc3ccc([N+](=O)[O-])cc3)OC[C@H]2O)[C@@H](O)[C@H](O)[C@@H]1O. The number of nitro benzene ring substituents is 1. The molecule has 0 unspecified atom stereocenters. The maximum atomic E-state index is 10.7. The molecule has 9 atom stereocenters. The topological polar surface area (TPSA) is 181 Å². The minimum absolute atomic E-state index is 0.141. The molecule has 2 fully saturated rings. The van der Waals surface area contributed by atoms with E-state index in [4.69, 9.17) is 18.9 Å². The maximum absolute atomic E-state index is 10.7. The lowest BCUT2D eigenvalue weighted by Gasteiger charge is -2.43. The molecule has 3 rings (SSSR count). The standard InChI is InChI=1S/C17H23NO11/c1-7-11(20)12(21)13(22)17(27-7)29-15-10(19)6-26-16(14(15)23)28-9-4-2-8(3-5-9)18(24)25/h2-5,7,10-17,19-23H,6H2,1H3/t7-,10+,11+,12+,13-,14+,15-,16-,17-/m0/s1. The molecule has 0 aliphatic carbocycles. The van der Waals surface area contributed by atoms with Gasteiger partial charge in [-0.1, -0.05) is 0 Å². The van der Waals surface area contributed by atoms with Gasteiger partial charge in [-0.15, -0.1) is 0 Å². The number of nitrogens with zero attached hydrogens (tertiary/aromatic N) is 1. The molecule has 12 nitrogen and oxygen atoms in total. The van der Waals surface area contributed by atoms with Crippen LogP contribution in [0.25, 0.3) is 0 Å². The number of nitro groups is 1. The normalized spacial score (nSPS) is 40.4. The third-order valence-electron chi connectivity index (χ3n) is 4.83. The van der Waals surface area contributed by atoms with E-state index in [1.54, 1.807) is 0 Å². The second kappa shape index (κ2) is 8.85. The summed E-state index contributed by atoms with van der Waals surface area (Å²) in [5.41, 5.74) is -0.141. The van der Waals surface area contributed by atoms with Crippen molar-refractivity contribution in [3.05, 3.63) is 34.4 Å². The number of benzene rings is 1. The zero-order chi connectivity index (χ0) is 21.3. The fourth-order valence-corrected chi connectivity index (χ4v) is 3.11. The van der Waals surface area contributed by atoms with Crippen LogP contribution in [0.1, 0.15) is 6.92 Å². The van der Waals surface area contributed by atoms with Gasteiger partial charge in [0, 0.05) is 12.1 Å². The lowest BCUT2D eigenvalue weighted by Crippen LogP contribution is -2.62. The molecule has 0 amide bonds. The Morgan fingerprint density at radius 3 is 2.28 bits per heavy atom. The molecule has 2 saturated heterocycles. The van der Waals surface area contributed by atoms with E-state index in [9.17, 15) is 35.6 Å². The summed E-state index contributed by atoms with van der Waals surface area (Å²) < 4.78 is 21.5. The molecular weight excluding hydrogens is 394 g/mol. The number of non-ortho nitro benzene ring substituents is 1. The summed E-state index contributed by atoms with van der Waals surface area (Å²) in [6.07, 6.45) is -12.2. The lowest BCUT2D eigenvalue weighted by atomic mass is 9.99. The van der Waals surface area contributed by atoms with Gasteiger partial charge >= 0.3 is 0 Å². The van der Waals surface area contributed by atoms with E-state index in [1.165, 1.54) is 31.2 Å². The molecule has 0 radical (unpaired) electrons. The summed E-state index contributed by atoms with van der Waals surface area (Å²) in [6, 6.07) is 5.08. The molecule has 0 spiro atoms. The fourth-order valence-electron chi connectivity index (χ4n) is 3.11. The van der Waals surface area contributed by atoms with E-state index in [2.05, 4.69) is 0 Å². The maximum Gasteiger partial charge on any atom is 0.269 e. The monoisotopic (exact) mass is 417 g/mol. The largest absolute Gasteiger partial charge is 0.462 e. The minimum Gasteiger partial charge on any atom is -0.462 e. The Labute approximate surface area is 165 Å². The highest BCUT2D eigenvalue weighted by molar-refractivity contribution is 5.36. The molecular formula is C17H23NO11. The number of aliphatic hydroxyl groups is 5. The van der Waals surface area contributed by atoms with Crippen molar-refractivity contribution in [2.45, 2.75) is 62.2 Å². The first-order valence-electron chi connectivity index (χ1n) is 8.93. The van der Waals surface area contributed by atoms with Crippen LogP contribution < -0.4 is 4.74 Å². The first kappa shape index (κ1) is 21.8. The molecule has 12 heteroatoms. The van der Waals surface area contributed by atoms with Crippen molar-refractivity contribution < 1.29 is 49.4 Å². The Balaban J connectivity index is 1.67. The van der Waals surface area contributed by atoms with Gasteiger partial charge in [0.05, 0.1) is 17.6 Å². The second-order valence-electron chi connectivity index (χ2n) is 6.91. The summed E-state index contributed by atoms with van der Waals surface area (Å²) >= 11 is 0. The molecule has 0 saturated carbocycles. The highest BCUT2D eigenvalue weighted by Crippen LogP contribution is 2.28. The molecule has 162 valence electrons. The highest BCUT2D eigenvalue weighted by atomic mass is 16.7. The van der Waals surface area contributed by atoms with Gasteiger partial charge in [0.1, 0.15) is 42.4 Å². The molecule has 29 heavy (non-hydrogen) atoms. The van der Waals surface area contributed by atoms with E-state index in [0.29, 0.717) is 0 Å². The van der Waals surface area contributed by atoms with Crippen LogP contribution in [0.3, 0.4) is 0 Å². The smallest absolute Gasteiger partial charge is 0.269 e. The van der Waals surface area contributed by atoms with Gasteiger partial charge in [-0.25, -0.2) is 0 Å². The van der Waals surface area contributed by atoms with Crippen LogP contribution in [0, 0.1) is 10.1 Å². The molecule has 1 aromatic carbocycles. The lowest BCUT2D eigenvalue weighted by molar-refractivity contribution is -0.384. The van der Waals surface area contributed by atoms with Crippen molar-refractivity contribution >= 4 is 5.69 Å². The Morgan fingerprint density at radius 1 is 1.00 bits per heavy atom. The van der Waals surface area contributed by atoms with E-state index < -0.39 is 60.2 Å². The third-order valence-corrected chi connectivity index (χ3v) is 4.83. The minimum atomic E-state index is -1.61. The molecule has 5 N–H and O–H groups in total. The van der Waals surface area contributed by atoms with Crippen LogP contribution in [0.2, 0.25) is 0 Å². The zero-order valence-corrected chi connectivity index (χ0v) is 15.3. The molecule has 1 aromatic rings. The predicted molar refractivity (Wildman–Crippen MR) is 92.7 cm³/mol. The van der Waals surface area contributed by atoms with Crippen molar-refractivity contribution in [1.82, 2.24) is 0 Å². The van der Waals surface area contributed by atoms with E-state index in [1.807, 2.05) is 0 Å². The van der Waals surface area contributed by atoms with Gasteiger partial charge in [0.15, 0.2) is 6.29 Å². The van der Waals surface area contributed by atoms with Gasteiger partial charge in [-0.3, -0.25) is 10.1 Å². The molecule has 2 aliphatic heterocycles.